The zero-order valence-electron chi connectivity index (χ0n) is 11.0. The van der Waals surface area contributed by atoms with Gasteiger partial charge in [0, 0.05) is 20.8 Å². The first kappa shape index (κ1) is 14.4. The van der Waals surface area contributed by atoms with Crippen molar-refractivity contribution >= 4 is 5.91 Å². The summed E-state index contributed by atoms with van der Waals surface area (Å²) in [4.78, 5) is 12.2. The number of methoxy groups -OCH3 is 2. The van der Waals surface area contributed by atoms with Gasteiger partial charge < -0.3 is 20.1 Å². The Labute approximate surface area is 103 Å². The summed E-state index contributed by atoms with van der Waals surface area (Å²) >= 11 is 0. The van der Waals surface area contributed by atoms with Gasteiger partial charge in [-0.1, -0.05) is 6.92 Å². The summed E-state index contributed by atoms with van der Waals surface area (Å²) in [6, 6.07) is 0. The van der Waals surface area contributed by atoms with E-state index >= 15 is 0 Å². The molecule has 1 aliphatic heterocycles. The van der Waals surface area contributed by atoms with Crippen molar-refractivity contribution in [1.82, 2.24) is 10.6 Å². The van der Waals surface area contributed by atoms with Crippen LogP contribution in [0.4, 0.5) is 0 Å². The zero-order chi connectivity index (χ0) is 12.7. The molecule has 0 aliphatic carbocycles. The summed E-state index contributed by atoms with van der Waals surface area (Å²) in [6.45, 7) is 4.23. The van der Waals surface area contributed by atoms with Gasteiger partial charge in [0.25, 0.3) is 0 Å². The molecule has 0 aromatic rings. The standard InChI is InChI=1S/C12H24N2O3/c1-4-12(6-5-7-13-9-12)11(15)14-8-10(16-2)17-3/h10,13H,4-9H2,1-3H3,(H,14,15). The van der Waals surface area contributed by atoms with E-state index in [1.165, 1.54) is 0 Å². The molecule has 1 saturated heterocycles. The van der Waals surface area contributed by atoms with Crippen LogP contribution in [-0.4, -0.2) is 46.1 Å². The van der Waals surface area contributed by atoms with Crippen LogP contribution >= 0.6 is 0 Å². The van der Waals surface area contributed by atoms with Crippen molar-refractivity contribution < 1.29 is 14.3 Å². The van der Waals surface area contributed by atoms with Crippen molar-refractivity contribution in [3.05, 3.63) is 0 Å². The van der Waals surface area contributed by atoms with Crippen LogP contribution in [0.15, 0.2) is 0 Å². The maximum absolute atomic E-state index is 12.2. The van der Waals surface area contributed by atoms with Gasteiger partial charge in [0.15, 0.2) is 6.29 Å². The van der Waals surface area contributed by atoms with Gasteiger partial charge in [0.1, 0.15) is 0 Å². The third-order valence-corrected chi connectivity index (χ3v) is 3.59. The van der Waals surface area contributed by atoms with Crippen molar-refractivity contribution in [1.29, 1.82) is 0 Å². The van der Waals surface area contributed by atoms with Crippen LogP contribution in [0, 0.1) is 5.41 Å². The molecule has 1 atom stereocenters. The lowest BCUT2D eigenvalue weighted by molar-refractivity contribution is -0.137. The topological polar surface area (TPSA) is 59.6 Å². The second-order valence-electron chi connectivity index (χ2n) is 4.53. The van der Waals surface area contributed by atoms with Gasteiger partial charge in [0.2, 0.25) is 5.91 Å². The molecule has 0 bridgehead atoms. The summed E-state index contributed by atoms with van der Waals surface area (Å²) in [7, 11) is 3.14. The highest BCUT2D eigenvalue weighted by atomic mass is 16.7. The summed E-state index contributed by atoms with van der Waals surface area (Å²) in [5.74, 6) is 0.103. The molecular formula is C12H24N2O3. The Bertz CT molecular complexity index is 236. The highest BCUT2D eigenvalue weighted by Crippen LogP contribution is 2.30. The first-order valence-corrected chi connectivity index (χ1v) is 6.23. The number of hydrogen-bond donors (Lipinski definition) is 2. The average Bonchev–Trinajstić information content (AvgIpc) is 2.40. The van der Waals surface area contributed by atoms with Crippen LogP contribution in [0.2, 0.25) is 0 Å². The molecule has 0 spiro atoms. The Hall–Kier alpha value is -0.650. The van der Waals surface area contributed by atoms with Crippen LogP contribution in [0.25, 0.3) is 0 Å². The molecule has 5 nitrogen and oxygen atoms in total. The monoisotopic (exact) mass is 244 g/mol. The van der Waals surface area contributed by atoms with E-state index in [-0.39, 0.29) is 17.6 Å². The fraction of sp³-hybridized carbons (Fsp3) is 0.917. The highest BCUT2D eigenvalue weighted by molar-refractivity contribution is 5.83. The molecule has 1 heterocycles. The Balaban J connectivity index is 2.48. The minimum absolute atomic E-state index is 0.103. The molecule has 17 heavy (non-hydrogen) atoms. The lowest BCUT2D eigenvalue weighted by Crippen LogP contribution is -2.51. The van der Waals surface area contributed by atoms with E-state index in [4.69, 9.17) is 9.47 Å². The maximum atomic E-state index is 12.2. The van der Waals surface area contributed by atoms with E-state index in [0.717, 1.165) is 32.4 Å². The average molecular weight is 244 g/mol. The number of rotatable bonds is 6. The largest absolute Gasteiger partial charge is 0.354 e. The number of nitrogens with one attached hydrogen (secondary N) is 2. The molecule has 1 amide bonds. The van der Waals surface area contributed by atoms with E-state index in [9.17, 15) is 4.79 Å². The molecule has 1 unspecified atom stereocenters. The van der Waals surface area contributed by atoms with Crippen molar-refractivity contribution in [3.63, 3.8) is 0 Å². The lowest BCUT2D eigenvalue weighted by atomic mass is 9.77. The first-order valence-electron chi connectivity index (χ1n) is 6.23. The number of amides is 1. The maximum Gasteiger partial charge on any atom is 0.227 e. The van der Waals surface area contributed by atoms with Crippen LogP contribution in [0.5, 0.6) is 0 Å². The van der Waals surface area contributed by atoms with Crippen molar-refractivity contribution in [3.8, 4) is 0 Å². The molecule has 1 rings (SSSR count). The van der Waals surface area contributed by atoms with E-state index < -0.39 is 0 Å². The van der Waals surface area contributed by atoms with Gasteiger partial charge >= 0.3 is 0 Å². The SMILES string of the molecule is CCC1(C(=O)NCC(OC)OC)CCCNC1. The van der Waals surface area contributed by atoms with Gasteiger partial charge in [-0.3, -0.25) is 4.79 Å². The number of hydrogen-bond acceptors (Lipinski definition) is 4. The van der Waals surface area contributed by atoms with Gasteiger partial charge in [-0.05, 0) is 25.8 Å². The molecule has 0 radical (unpaired) electrons. The normalized spacial score (nSPS) is 24.9. The smallest absolute Gasteiger partial charge is 0.227 e. The number of ether oxygens (including phenoxy) is 2. The fourth-order valence-corrected chi connectivity index (χ4v) is 2.25. The second kappa shape index (κ2) is 6.93. The van der Waals surface area contributed by atoms with E-state index in [0.29, 0.717) is 6.54 Å². The number of piperidine rings is 1. The van der Waals surface area contributed by atoms with Crippen LogP contribution < -0.4 is 10.6 Å². The highest BCUT2D eigenvalue weighted by Gasteiger charge is 2.37. The molecule has 1 fully saturated rings. The van der Waals surface area contributed by atoms with Gasteiger partial charge in [-0.25, -0.2) is 0 Å². The molecule has 0 saturated carbocycles. The Morgan fingerprint density at radius 1 is 1.47 bits per heavy atom. The third-order valence-electron chi connectivity index (χ3n) is 3.59. The van der Waals surface area contributed by atoms with Crippen LogP contribution in [-0.2, 0) is 14.3 Å². The number of carbonyl (C=O) groups excluding carboxylic acids is 1. The van der Waals surface area contributed by atoms with Crippen molar-refractivity contribution in [2.45, 2.75) is 32.5 Å². The van der Waals surface area contributed by atoms with Crippen molar-refractivity contribution in [2.75, 3.05) is 33.9 Å². The predicted molar refractivity (Wildman–Crippen MR) is 65.6 cm³/mol. The van der Waals surface area contributed by atoms with Gasteiger partial charge in [-0.15, -0.1) is 0 Å². The minimum atomic E-state index is -0.371. The molecule has 1 aliphatic rings. The third kappa shape index (κ3) is 3.66. The van der Waals surface area contributed by atoms with E-state index in [1.807, 2.05) is 0 Å². The Morgan fingerprint density at radius 2 is 2.18 bits per heavy atom. The molecule has 100 valence electrons. The Morgan fingerprint density at radius 3 is 2.65 bits per heavy atom. The summed E-state index contributed by atoms with van der Waals surface area (Å²) in [5.41, 5.74) is -0.260. The number of carbonyl (C=O) groups is 1. The summed E-state index contributed by atoms with van der Waals surface area (Å²) < 4.78 is 10.1. The summed E-state index contributed by atoms with van der Waals surface area (Å²) in [6.07, 6.45) is 2.49. The van der Waals surface area contributed by atoms with Crippen molar-refractivity contribution in [2.24, 2.45) is 5.41 Å². The molecule has 5 heteroatoms. The van der Waals surface area contributed by atoms with Gasteiger partial charge in [0.05, 0.1) is 12.0 Å². The van der Waals surface area contributed by atoms with Crippen LogP contribution in [0.1, 0.15) is 26.2 Å². The predicted octanol–water partition coefficient (Wildman–Crippen LogP) is 0.501. The summed E-state index contributed by atoms with van der Waals surface area (Å²) in [5, 5.41) is 6.22. The molecular weight excluding hydrogens is 220 g/mol. The Kier molecular flexibility index (Phi) is 5.88. The fourth-order valence-electron chi connectivity index (χ4n) is 2.25. The second-order valence-corrected chi connectivity index (χ2v) is 4.53. The molecule has 0 aromatic carbocycles. The van der Waals surface area contributed by atoms with Gasteiger partial charge in [-0.2, -0.15) is 0 Å². The van der Waals surface area contributed by atoms with Crippen LogP contribution in [0.3, 0.4) is 0 Å². The minimum Gasteiger partial charge on any atom is -0.354 e. The molecule has 0 aromatic heterocycles. The van der Waals surface area contributed by atoms with E-state index in [2.05, 4.69) is 17.6 Å². The quantitative estimate of drug-likeness (QED) is 0.668. The van der Waals surface area contributed by atoms with E-state index in [1.54, 1.807) is 14.2 Å². The lowest BCUT2D eigenvalue weighted by Gasteiger charge is -2.35. The zero-order valence-corrected chi connectivity index (χ0v) is 11.0. The molecule has 2 N–H and O–H groups in total. The first-order chi connectivity index (χ1) is 8.18.